The maximum absolute atomic E-state index is 12.9. The van der Waals surface area contributed by atoms with Gasteiger partial charge in [-0.05, 0) is 24.3 Å². The normalized spacial score (nSPS) is 35.2. The Kier molecular flexibility index (Phi) is 5.66. The van der Waals surface area contributed by atoms with E-state index in [4.69, 9.17) is 5.11 Å². The second kappa shape index (κ2) is 7.60. The van der Waals surface area contributed by atoms with Gasteiger partial charge in [-0.2, -0.15) is 0 Å². The molecule has 0 radical (unpaired) electrons. The van der Waals surface area contributed by atoms with Gasteiger partial charge in [0.25, 0.3) is 0 Å². The Morgan fingerprint density at radius 2 is 1.92 bits per heavy atom. The van der Waals surface area contributed by atoms with Crippen molar-refractivity contribution in [3.8, 4) is 0 Å². The molecule has 2 fully saturated rings. The van der Waals surface area contributed by atoms with Crippen molar-refractivity contribution in [3.05, 3.63) is 30.1 Å². The molecule has 0 spiro atoms. The Labute approximate surface area is 151 Å². The van der Waals surface area contributed by atoms with E-state index in [0.29, 0.717) is 5.69 Å². The van der Waals surface area contributed by atoms with Gasteiger partial charge >= 0.3 is 0 Å². The number of fused-ring (bicyclic) bond motifs is 1. The third-order valence-corrected chi connectivity index (χ3v) is 7.10. The number of nitrogens with zero attached hydrogens (tertiary/aromatic N) is 1. The number of halogens is 1. The summed E-state index contributed by atoms with van der Waals surface area (Å²) in [6.07, 6.45) is -3.81. The van der Waals surface area contributed by atoms with Gasteiger partial charge in [-0.1, -0.05) is 11.8 Å². The van der Waals surface area contributed by atoms with Gasteiger partial charge in [0.15, 0.2) is 5.17 Å². The van der Waals surface area contributed by atoms with E-state index < -0.39 is 52.4 Å². The highest BCUT2D eigenvalue weighted by Crippen LogP contribution is 2.42. The summed E-state index contributed by atoms with van der Waals surface area (Å²) in [5.41, 5.74) is 0.440. The number of aliphatic hydroxyl groups is 4. The monoisotopic (exact) mass is 388 g/mol. The first-order chi connectivity index (χ1) is 11.9. The van der Waals surface area contributed by atoms with Gasteiger partial charge in [-0.3, -0.25) is 4.79 Å². The van der Waals surface area contributed by atoms with E-state index >= 15 is 0 Å². The van der Waals surface area contributed by atoms with Crippen LogP contribution in [0.15, 0.2) is 29.3 Å². The van der Waals surface area contributed by atoms with E-state index in [1.165, 1.54) is 24.3 Å². The van der Waals surface area contributed by atoms with E-state index in [-0.39, 0.29) is 5.17 Å². The minimum atomic E-state index is -1.29. The van der Waals surface area contributed by atoms with E-state index in [2.05, 4.69) is 10.3 Å². The summed E-state index contributed by atoms with van der Waals surface area (Å²) < 4.78 is 12.9. The molecule has 2 saturated heterocycles. The van der Waals surface area contributed by atoms with E-state index in [9.17, 15) is 24.5 Å². The number of aliphatic imine (C=N–C) groups is 1. The minimum Gasteiger partial charge on any atom is -0.394 e. The van der Waals surface area contributed by atoms with Gasteiger partial charge < -0.3 is 25.7 Å². The van der Waals surface area contributed by atoms with Crippen molar-refractivity contribution < 1.29 is 29.6 Å². The number of amides is 1. The minimum absolute atomic E-state index is 0.242. The Hall–Kier alpha value is -1.17. The summed E-state index contributed by atoms with van der Waals surface area (Å²) in [5, 5.41) is 40.0. The molecule has 1 aromatic carbocycles. The molecule has 7 nitrogen and oxygen atoms in total. The third-order valence-electron chi connectivity index (χ3n) is 3.99. The molecule has 3 rings (SSSR count). The lowest BCUT2D eigenvalue weighted by atomic mass is 10.00. The van der Waals surface area contributed by atoms with Crippen molar-refractivity contribution in [1.82, 2.24) is 5.32 Å². The maximum atomic E-state index is 12.9. The zero-order valence-corrected chi connectivity index (χ0v) is 14.5. The number of carbonyl (C=O) groups is 1. The number of thioether (sulfide) groups is 2. The molecule has 2 heterocycles. The molecular formula is C15H17FN2O5S2. The van der Waals surface area contributed by atoms with Gasteiger partial charge in [0.2, 0.25) is 5.91 Å². The fourth-order valence-corrected chi connectivity index (χ4v) is 5.59. The first kappa shape index (κ1) is 18.6. The van der Waals surface area contributed by atoms with Crippen LogP contribution in [0.4, 0.5) is 10.1 Å². The summed E-state index contributed by atoms with van der Waals surface area (Å²) in [6, 6.07) is 5.40. The molecule has 2 aliphatic heterocycles. The standard InChI is InChI=1S/C15H17FN2O5S2/c16-6-1-3-7(4-2-6)17-15-18-14(23)13-12(25-15)10(22)9(21)11(24-13)8(20)5-19/h1-4,8-13,19-22H,5H2,(H,17,18,23)/t8-,9-,10-,11+,12-,13+/m0/s1. The smallest absolute Gasteiger partial charge is 0.240 e. The van der Waals surface area contributed by atoms with Crippen LogP contribution in [0.2, 0.25) is 0 Å². The SMILES string of the molecule is O=C1NC(=Nc2ccc(F)cc2)S[C@H]2[C@@H](O)[C@H](O)[C@@H]([C@@H](O)CO)S[C@@H]12. The van der Waals surface area contributed by atoms with Gasteiger partial charge in [0.05, 0.1) is 46.4 Å². The Bertz CT molecular complexity index is 674. The molecule has 136 valence electrons. The number of aliphatic hydroxyl groups excluding tert-OH is 4. The number of benzene rings is 1. The lowest BCUT2D eigenvalue weighted by molar-refractivity contribution is -0.120. The van der Waals surface area contributed by atoms with Crippen molar-refractivity contribution in [2.45, 2.75) is 34.1 Å². The molecule has 1 amide bonds. The van der Waals surface area contributed by atoms with Crippen molar-refractivity contribution in [1.29, 1.82) is 0 Å². The highest BCUT2D eigenvalue weighted by molar-refractivity contribution is 8.15. The molecule has 0 bridgehead atoms. The van der Waals surface area contributed by atoms with Gasteiger partial charge in [-0.25, -0.2) is 9.38 Å². The summed E-state index contributed by atoms with van der Waals surface area (Å²) >= 11 is 2.12. The maximum Gasteiger partial charge on any atom is 0.240 e. The quantitative estimate of drug-likeness (QED) is 0.478. The molecule has 25 heavy (non-hydrogen) atoms. The summed E-state index contributed by atoms with van der Waals surface area (Å²) in [7, 11) is 0. The summed E-state index contributed by atoms with van der Waals surface area (Å²) in [6.45, 7) is -0.579. The number of nitrogens with one attached hydrogen (secondary N) is 1. The van der Waals surface area contributed by atoms with E-state index in [0.717, 1.165) is 23.5 Å². The molecule has 0 saturated carbocycles. The highest BCUT2D eigenvalue weighted by Gasteiger charge is 2.51. The Balaban J connectivity index is 1.80. The topological polar surface area (TPSA) is 122 Å². The largest absolute Gasteiger partial charge is 0.394 e. The number of hydrogen-bond acceptors (Lipinski definition) is 8. The molecule has 0 aromatic heterocycles. The predicted octanol–water partition coefficient (Wildman–Crippen LogP) is -0.396. The summed E-state index contributed by atoms with van der Waals surface area (Å²) in [5.74, 6) is -0.809. The van der Waals surface area contributed by atoms with Crippen LogP contribution in [-0.2, 0) is 4.79 Å². The summed E-state index contributed by atoms with van der Waals surface area (Å²) in [4.78, 5) is 16.6. The fourth-order valence-electron chi connectivity index (χ4n) is 2.68. The fraction of sp³-hybridized carbons (Fsp3) is 0.467. The molecule has 0 unspecified atom stereocenters. The van der Waals surface area contributed by atoms with Gasteiger partial charge in [0.1, 0.15) is 5.82 Å². The van der Waals surface area contributed by atoms with Crippen molar-refractivity contribution in [2.24, 2.45) is 4.99 Å². The number of rotatable bonds is 3. The van der Waals surface area contributed by atoms with Gasteiger partial charge in [-0.15, -0.1) is 11.8 Å². The van der Waals surface area contributed by atoms with Crippen LogP contribution >= 0.6 is 23.5 Å². The zero-order valence-electron chi connectivity index (χ0n) is 12.8. The Morgan fingerprint density at radius 1 is 1.24 bits per heavy atom. The van der Waals surface area contributed by atoms with Crippen LogP contribution in [0.3, 0.4) is 0 Å². The Morgan fingerprint density at radius 3 is 2.56 bits per heavy atom. The molecule has 5 N–H and O–H groups in total. The predicted molar refractivity (Wildman–Crippen MR) is 93.3 cm³/mol. The van der Waals surface area contributed by atoms with E-state index in [1.807, 2.05) is 0 Å². The molecule has 2 aliphatic rings. The molecule has 0 aliphatic carbocycles. The zero-order chi connectivity index (χ0) is 18.1. The lowest BCUT2D eigenvalue weighted by Crippen LogP contribution is -2.62. The van der Waals surface area contributed by atoms with Crippen molar-refractivity contribution >= 4 is 40.3 Å². The first-order valence-electron chi connectivity index (χ1n) is 7.53. The average Bonchev–Trinajstić information content (AvgIpc) is 2.60. The van der Waals surface area contributed by atoms with Crippen LogP contribution in [0.5, 0.6) is 0 Å². The van der Waals surface area contributed by atoms with Crippen LogP contribution in [0.1, 0.15) is 0 Å². The molecule has 1 aromatic rings. The van der Waals surface area contributed by atoms with Crippen LogP contribution in [-0.4, -0.2) is 72.2 Å². The van der Waals surface area contributed by atoms with E-state index in [1.54, 1.807) is 0 Å². The second-order valence-corrected chi connectivity index (χ2v) is 8.21. The van der Waals surface area contributed by atoms with Crippen molar-refractivity contribution in [2.75, 3.05) is 6.61 Å². The highest BCUT2D eigenvalue weighted by atomic mass is 32.2. The van der Waals surface area contributed by atoms with Crippen LogP contribution < -0.4 is 5.32 Å². The lowest BCUT2D eigenvalue weighted by Gasteiger charge is -2.44. The number of hydrogen-bond donors (Lipinski definition) is 5. The third kappa shape index (κ3) is 3.83. The number of carbonyl (C=O) groups excluding carboxylic acids is 1. The van der Waals surface area contributed by atoms with Crippen LogP contribution in [0, 0.1) is 5.82 Å². The van der Waals surface area contributed by atoms with Crippen LogP contribution in [0.25, 0.3) is 0 Å². The number of amidine groups is 1. The van der Waals surface area contributed by atoms with Crippen molar-refractivity contribution in [3.63, 3.8) is 0 Å². The molecule has 10 heteroatoms. The van der Waals surface area contributed by atoms with Gasteiger partial charge in [0, 0.05) is 0 Å². The molecule has 6 atom stereocenters. The average molecular weight is 388 g/mol. The second-order valence-electron chi connectivity index (χ2n) is 5.72. The molecular weight excluding hydrogens is 371 g/mol. The first-order valence-corrected chi connectivity index (χ1v) is 9.35.